The molecule has 1 amide bonds. The van der Waals surface area contributed by atoms with E-state index in [-0.39, 0.29) is 17.3 Å². The van der Waals surface area contributed by atoms with Crippen molar-refractivity contribution in [1.82, 2.24) is 30.7 Å². The van der Waals surface area contributed by atoms with Crippen LogP contribution in [0.3, 0.4) is 0 Å². The van der Waals surface area contributed by atoms with Crippen molar-refractivity contribution in [1.29, 1.82) is 0 Å². The normalized spacial score (nSPS) is 16.5. The molecule has 28 heavy (non-hydrogen) atoms. The van der Waals surface area contributed by atoms with Gasteiger partial charge in [0.25, 0.3) is 5.91 Å². The molecule has 3 N–H and O–H groups in total. The molecule has 1 atom stereocenters. The van der Waals surface area contributed by atoms with Crippen molar-refractivity contribution >= 4 is 17.9 Å². The Labute approximate surface area is 160 Å². The topological polar surface area (TPSA) is 137 Å². The van der Waals surface area contributed by atoms with Gasteiger partial charge in [-0.15, -0.1) is 5.10 Å². The van der Waals surface area contributed by atoms with Crippen LogP contribution in [0.25, 0.3) is 17.1 Å². The Hall–Kier alpha value is -3.82. The van der Waals surface area contributed by atoms with Crippen LogP contribution in [0.15, 0.2) is 52.2 Å². The van der Waals surface area contributed by atoms with E-state index in [0.29, 0.717) is 11.6 Å². The molecule has 142 valence electrons. The Morgan fingerprint density at radius 1 is 1.29 bits per heavy atom. The van der Waals surface area contributed by atoms with E-state index in [0.717, 1.165) is 24.8 Å². The Bertz CT molecular complexity index is 1020. The molecule has 1 aliphatic carbocycles. The third-order valence-corrected chi connectivity index (χ3v) is 4.39. The summed E-state index contributed by atoms with van der Waals surface area (Å²) in [5.41, 5.74) is 9.54. The van der Waals surface area contributed by atoms with Crippen LogP contribution in [0.4, 0.5) is 5.82 Å². The minimum Gasteiger partial charge on any atom is -0.378 e. The fourth-order valence-corrected chi connectivity index (χ4v) is 2.97. The summed E-state index contributed by atoms with van der Waals surface area (Å²) in [4.78, 5) is 12.9. The molecule has 3 aromatic rings. The molecule has 0 aliphatic heterocycles. The minimum absolute atomic E-state index is 0.00365. The van der Waals surface area contributed by atoms with Gasteiger partial charge in [-0.2, -0.15) is 9.78 Å². The van der Waals surface area contributed by atoms with Crippen LogP contribution in [0.2, 0.25) is 0 Å². The van der Waals surface area contributed by atoms with Gasteiger partial charge < -0.3 is 5.73 Å². The maximum Gasteiger partial charge on any atom is 0.292 e. The molecule has 0 fully saturated rings. The van der Waals surface area contributed by atoms with Gasteiger partial charge in [0.15, 0.2) is 5.69 Å². The van der Waals surface area contributed by atoms with Gasteiger partial charge in [0.1, 0.15) is 5.69 Å². The van der Waals surface area contributed by atoms with E-state index >= 15 is 0 Å². The Morgan fingerprint density at radius 2 is 2.14 bits per heavy atom. The van der Waals surface area contributed by atoms with Crippen LogP contribution in [-0.4, -0.2) is 37.4 Å². The van der Waals surface area contributed by atoms with Gasteiger partial charge in [-0.3, -0.25) is 4.79 Å². The number of rotatable bonds is 5. The van der Waals surface area contributed by atoms with E-state index in [1.165, 1.54) is 4.68 Å². The van der Waals surface area contributed by atoms with Crippen LogP contribution in [0, 0.1) is 5.92 Å². The van der Waals surface area contributed by atoms with Crippen LogP contribution in [0.5, 0.6) is 0 Å². The van der Waals surface area contributed by atoms with Crippen LogP contribution < -0.4 is 11.2 Å². The molecule has 10 heteroatoms. The Balaban J connectivity index is 1.66. The summed E-state index contributed by atoms with van der Waals surface area (Å²) in [5, 5.41) is 19.5. The first-order valence-electron chi connectivity index (χ1n) is 8.82. The summed E-state index contributed by atoms with van der Waals surface area (Å²) in [6.45, 7) is 0. The molecule has 0 saturated heterocycles. The van der Waals surface area contributed by atoms with Crippen molar-refractivity contribution in [3.63, 3.8) is 0 Å². The number of hydrogen-bond acceptors (Lipinski definition) is 8. The van der Waals surface area contributed by atoms with E-state index < -0.39 is 5.91 Å². The summed E-state index contributed by atoms with van der Waals surface area (Å²) in [6, 6.07) is 9.21. The highest BCUT2D eigenvalue weighted by atomic mass is 16.6. The lowest BCUT2D eigenvalue weighted by molar-refractivity contribution is 0.0947. The van der Waals surface area contributed by atoms with Crippen molar-refractivity contribution in [3.8, 4) is 17.1 Å². The molecule has 4 rings (SSSR count). The summed E-state index contributed by atoms with van der Waals surface area (Å²) >= 11 is 0. The summed E-state index contributed by atoms with van der Waals surface area (Å²) < 4.78 is 5.83. The summed E-state index contributed by atoms with van der Waals surface area (Å²) in [7, 11) is 0. The van der Waals surface area contributed by atoms with E-state index in [4.69, 9.17) is 5.73 Å². The van der Waals surface area contributed by atoms with Crippen LogP contribution in [-0.2, 0) is 0 Å². The number of benzene rings is 1. The number of hydrogen-bond donors (Lipinski definition) is 2. The number of nitrogens with one attached hydrogen (secondary N) is 1. The second kappa shape index (κ2) is 7.82. The van der Waals surface area contributed by atoms with Gasteiger partial charge in [-0.05, 0) is 35.5 Å². The number of allylic oxidation sites excluding steroid dienone is 2. The van der Waals surface area contributed by atoms with Gasteiger partial charge in [0.05, 0.1) is 0 Å². The average Bonchev–Trinajstić information content (AvgIpc) is 3.35. The van der Waals surface area contributed by atoms with Crippen molar-refractivity contribution in [2.45, 2.75) is 19.3 Å². The van der Waals surface area contributed by atoms with Gasteiger partial charge >= 0.3 is 0 Å². The monoisotopic (exact) mass is 378 g/mol. The molecular weight excluding hydrogens is 360 g/mol. The number of aromatic nitrogens is 5. The molecule has 10 nitrogen and oxygen atoms in total. The lowest BCUT2D eigenvalue weighted by Gasteiger charge is -2.11. The number of carbonyl (C=O) groups excluding carboxylic acids is 1. The van der Waals surface area contributed by atoms with Crippen molar-refractivity contribution < 1.29 is 9.42 Å². The second-order valence-corrected chi connectivity index (χ2v) is 6.30. The molecule has 0 unspecified atom stereocenters. The quantitative estimate of drug-likeness (QED) is 0.393. The first-order chi connectivity index (χ1) is 13.7. The number of hydrazone groups is 1. The molecule has 0 bridgehead atoms. The Kier molecular flexibility index (Phi) is 4.91. The maximum absolute atomic E-state index is 12.9. The minimum atomic E-state index is -0.492. The van der Waals surface area contributed by atoms with Crippen LogP contribution in [0.1, 0.15) is 29.8 Å². The number of nitrogens with zero attached hydrogens (tertiary/aromatic N) is 6. The fourth-order valence-electron chi connectivity index (χ4n) is 2.97. The van der Waals surface area contributed by atoms with Crippen LogP contribution >= 0.6 is 0 Å². The number of nitrogens with two attached hydrogens (primary N) is 1. The summed E-state index contributed by atoms with van der Waals surface area (Å²) in [6.07, 6.45) is 8.95. The maximum atomic E-state index is 12.9. The number of amides is 1. The lowest BCUT2D eigenvalue weighted by Crippen LogP contribution is -2.23. The van der Waals surface area contributed by atoms with Gasteiger partial charge in [-0.25, -0.2) is 10.1 Å². The predicted molar refractivity (Wildman–Crippen MR) is 102 cm³/mol. The molecule has 2 heterocycles. The SMILES string of the molecule is Nc1nonc1-n1nnc(-c2ccccc2)c1C(=O)N/N=C\[C@@H]1CC=CCC1. The van der Waals surface area contributed by atoms with Gasteiger partial charge in [0, 0.05) is 11.8 Å². The van der Waals surface area contributed by atoms with E-state index in [1.807, 2.05) is 30.3 Å². The zero-order chi connectivity index (χ0) is 19.3. The van der Waals surface area contributed by atoms with Crippen molar-refractivity contribution in [2.75, 3.05) is 5.73 Å². The highest BCUT2D eigenvalue weighted by molar-refractivity contribution is 5.99. The molecule has 0 radical (unpaired) electrons. The van der Waals surface area contributed by atoms with Crippen molar-refractivity contribution in [3.05, 3.63) is 48.2 Å². The largest absolute Gasteiger partial charge is 0.378 e. The first kappa shape index (κ1) is 17.6. The van der Waals surface area contributed by atoms with Gasteiger partial charge in [0.2, 0.25) is 11.6 Å². The fraction of sp³-hybridized carbons (Fsp3) is 0.222. The summed E-state index contributed by atoms with van der Waals surface area (Å²) in [5.74, 6) is -0.108. The van der Waals surface area contributed by atoms with Gasteiger partial charge in [-0.1, -0.05) is 47.7 Å². The average molecular weight is 378 g/mol. The number of carbonyl (C=O) groups is 1. The molecule has 1 aliphatic rings. The van der Waals surface area contributed by atoms with E-state index in [2.05, 4.69) is 47.9 Å². The van der Waals surface area contributed by atoms with Crippen molar-refractivity contribution in [2.24, 2.45) is 11.0 Å². The Morgan fingerprint density at radius 3 is 2.86 bits per heavy atom. The third kappa shape index (κ3) is 3.52. The molecule has 1 aromatic carbocycles. The highest BCUT2D eigenvalue weighted by Gasteiger charge is 2.25. The molecular formula is C18H18N8O2. The first-order valence-corrected chi connectivity index (χ1v) is 8.82. The molecule has 2 aromatic heterocycles. The van der Waals surface area contributed by atoms with E-state index in [1.54, 1.807) is 6.21 Å². The third-order valence-electron chi connectivity index (χ3n) is 4.39. The smallest absolute Gasteiger partial charge is 0.292 e. The zero-order valence-electron chi connectivity index (χ0n) is 14.9. The molecule has 0 saturated carbocycles. The van der Waals surface area contributed by atoms with E-state index in [9.17, 15) is 4.79 Å². The lowest BCUT2D eigenvalue weighted by atomic mass is 9.96. The highest BCUT2D eigenvalue weighted by Crippen LogP contribution is 2.24. The molecule has 0 spiro atoms. The standard InChI is InChI=1S/C18H18N8O2/c19-16-17(24-28-23-16)26-15(14(21-25-26)13-9-5-2-6-10-13)18(27)22-20-11-12-7-3-1-4-8-12/h1-3,5-6,9-12H,4,7-8H2,(H2,19,23)(H,22,27)/b20-11-/t12-/m1/s1. The number of anilines is 1. The predicted octanol–water partition coefficient (Wildman–Crippen LogP) is 1.97. The zero-order valence-corrected chi connectivity index (χ0v) is 14.9. The number of nitrogen functional groups attached to an aromatic ring is 1. The second-order valence-electron chi connectivity index (χ2n) is 6.30.